The van der Waals surface area contributed by atoms with Crippen molar-refractivity contribution in [1.82, 2.24) is 20.0 Å². The van der Waals surface area contributed by atoms with Gasteiger partial charge in [0.15, 0.2) is 0 Å². The summed E-state index contributed by atoms with van der Waals surface area (Å²) < 4.78 is 6.25. The molecule has 7 nitrogen and oxygen atoms in total. The first-order valence-electron chi connectivity index (χ1n) is 12.7. The van der Waals surface area contributed by atoms with Gasteiger partial charge in [0.1, 0.15) is 0 Å². The Morgan fingerprint density at radius 3 is 2.39 bits per heavy atom. The molecule has 1 atom stereocenters. The van der Waals surface area contributed by atoms with Gasteiger partial charge in [-0.1, -0.05) is 30.3 Å². The van der Waals surface area contributed by atoms with E-state index in [4.69, 9.17) is 4.74 Å². The fraction of sp³-hybridized carbons (Fsp3) is 0.692. The lowest BCUT2D eigenvalue weighted by molar-refractivity contribution is -0.142. The molecule has 7 heteroatoms. The van der Waals surface area contributed by atoms with Gasteiger partial charge in [-0.15, -0.1) is 0 Å². The Morgan fingerprint density at radius 1 is 1.03 bits per heavy atom. The Balaban J connectivity index is 1.21. The molecular weight excluding hydrogens is 416 g/mol. The third kappa shape index (κ3) is 6.48. The first-order chi connectivity index (χ1) is 15.9. The van der Waals surface area contributed by atoms with Crippen LogP contribution in [0.2, 0.25) is 0 Å². The van der Waals surface area contributed by atoms with Crippen LogP contribution in [0, 0.1) is 5.92 Å². The van der Waals surface area contributed by atoms with E-state index < -0.39 is 0 Å². The molecule has 0 bridgehead atoms. The fourth-order valence-corrected chi connectivity index (χ4v) is 5.48. The van der Waals surface area contributed by atoms with Gasteiger partial charge >= 0.3 is 6.03 Å². The zero-order valence-electron chi connectivity index (χ0n) is 20.3. The van der Waals surface area contributed by atoms with E-state index in [1.165, 1.54) is 5.56 Å². The molecule has 1 unspecified atom stereocenters. The predicted octanol–water partition coefficient (Wildman–Crippen LogP) is 3.10. The molecule has 3 heterocycles. The van der Waals surface area contributed by atoms with Gasteiger partial charge in [-0.3, -0.25) is 9.69 Å². The third-order valence-electron chi connectivity index (χ3n) is 7.41. The van der Waals surface area contributed by atoms with Crippen LogP contribution >= 0.6 is 0 Å². The normalized spacial score (nSPS) is 23.7. The smallest absolute Gasteiger partial charge is 0.317 e. The predicted molar refractivity (Wildman–Crippen MR) is 129 cm³/mol. The van der Waals surface area contributed by atoms with Crippen LogP contribution in [0.4, 0.5) is 4.79 Å². The Bertz CT molecular complexity index is 784. The Morgan fingerprint density at radius 2 is 1.73 bits per heavy atom. The number of ether oxygens (including phenoxy) is 1. The number of benzene rings is 1. The van der Waals surface area contributed by atoms with Gasteiger partial charge in [-0.25, -0.2) is 4.79 Å². The second kappa shape index (κ2) is 10.9. The highest BCUT2D eigenvalue weighted by molar-refractivity contribution is 5.76. The zero-order valence-corrected chi connectivity index (χ0v) is 20.3. The van der Waals surface area contributed by atoms with Crippen LogP contribution in [0.25, 0.3) is 0 Å². The number of piperidine rings is 1. The molecule has 0 radical (unpaired) electrons. The Labute approximate surface area is 198 Å². The van der Waals surface area contributed by atoms with Crippen LogP contribution in [0.1, 0.15) is 51.5 Å². The number of nitrogens with zero attached hydrogens (tertiary/aromatic N) is 3. The van der Waals surface area contributed by atoms with Crippen molar-refractivity contribution in [1.29, 1.82) is 0 Å². The molecule has 0 aliphatic carbocycles. The van der Waals surface area contributed by atoms with Gasteiger partial charge in [0, 0.05) is 64.9 Å². The number of urea groups is 1. The summed E-state index contributed by atoms with van der Waals surface area (Å²) >= 11 is 0. The highest BCUT2D eigenvalue weighted by Crippen LogP contribution is 2.39. The third-order valence-corrected chi connectivity index (χ3v) is 7.41. The molecule has 1 aromatic carbocycles. The van der Waals surface area contributed by atoms with Gasteiger partial charge in [-0.05, 0) is 51.0 Å². The number of amides is 3. The van der Waals surface area contributed by atoms with Crippen molar-refractivity contribution in [2.24, 2.45) is 5.92 Å². The average Bonchev–Trinajstić information content (AvgIpc) is 2.80. The summed E-state index contributed by atoms with van der Waals surface area (Å²) in [6.45, 7) is 10.6. The lowest BCUT2D eigenvalue weighted by atomic mass is 9.78. The van der Waals surface area contributed by atoms with Crippen LogP contribution in [0.15, 0.2) is 30.3 Å². The maximum atomic E-state index is 13.1. The van der Waals surface area contributed by atoms with Gasteiger partial charge in [0.05, 0.1) is 5.60 Å². The van der Waals surface area contributed by atoms with Crippen LogP contribution < -0.4 is 5.32 Å². The number of rotatable bonds is 5. The van der Waals surface area contributed by atoms with E-state index in [9.17, 15) is 9.59 Å². The SMILES string of the molecule is CC(C)NC(=O)N1CCC2(CC1)CC(CC(=O)N1CCN(Cc3ccccc3)CC1)CCO2. The van der Waals surface area contributed by atoms with Crippen LogP contribution in [-0.2, 0) is 16.1 Å². The maximum Gasteiger partial charge on any atom is 0.317 e. The summed E-state index contributed by atoms with van der Waals surface area (Å²) in [7, 11) is 0. The molecule has 182 valence electrons. The zero-order chi connectivity index (χ0) is 23.3. The largest absolute Gasteiger partial charge is 0.375 e. The summed E-state index contributed by atoms with van der Waals surface area (Å²) in [5.74, 6) is 0.676. The molecule has 0 aromatic heterocycles. The molecule has 33 heavy (non-hydrogen) atoms. The molecule has 3 aliphatic heterocycles. The van der Waals surface area contributed by atoms with E-state index in [-0.39, 0.29) is 17.7 Å². The van der Waals surface area contributed by atoms with E-state index >= 15 is 0 Å². The molecule has 4 rings (SSSR count). The molecular formula is C26H40N4O3. The topological polar surface area (TPSA) is 65.1 Å². The van der Waals surface area contributed by atoms with Crippen LogP contribution in [-0.4, -0.2) is 84.2 Å². The summed E-state index contributed by atoms with van der Waals surface area (Å²) in [4.78, 5) is 31.8. The molecule has 1 spiro atoms. The monoisotopic (exact) mass is 456 g/mol. The van der Waals surface area contributed by atoms with E-state index in [2.05, 4.69) is 39.4 Å². The number of nitrogens with one attached hydrogen (secondary N) is 1. The van der Waals surface area contributed by atoms with Crippen LogP contribution in [0.3, 0.4) is 0 Å². The van der Waals surface area contributed by atoms with E-state index in [0.717, 1.165) is 78.1 Å². The minimum absolute atomic E-state index is 0.0220. The van der Waals surface area contributed by atoms with Crippen molar-refractivity contribution in [2.45, 2.75) is 64.1 Å². The van der Waals surface area contributed by atoms with E-state index in [0.29, 0.717) is 18.2 Å². The molecule has 0 saturated carbocycles. The number of likely N-dealkylation sites (tertiary alicyclic amines) is 1. The average molecular weight is 457 g/mol. The van der Waals surface area contributed by atoms with Gasteiger partial charge < -0.3 is 19.9 Å². The molecule has 1 N–H and O–H groups in total. The summed E-state index contributed by atoms with van der Waals surface area (Å²) in [5, 5.41) is 2.98. The summed E-state index contributed by atoms with van der Waals surface area (Å²) in [6, 6.07) is 10.7. The van der Waals surface area contributed by atoms with E-state index in [1.54, 1.807) is 0 Å². The number of piperazine rings is 1. The second-order valence-electron chi connectivity index (χ2n) is 10.3. The van der Waals surface area contributed by atoms with Gasteiger partial charge in [-0.2, -0.15) is 0 Å². The molecule has 3 fully saturated rings. The number of hydrogen-bond donors (Lipinski definition) is 1. The Kier molecular flexibility index (Phi) is 7.91. The Hall–Kier alpha value is -2.12. The molecule has 3 saturated heterocycles. The first kappa shape index (κ1) is 24.0. The standard InChI is InChI=1S/C26H40N4O3/c1-21(2)27-25(32)30-11-9-26(10-12-30)19-23(8-17-33-26)18-24(31)29-15-13-28(14-16-29)20-22-6-4-3-5-7-22/h3-7,21,23H,8-20H2,1-2H3,(H,27,32). The lowest BCUT2D eigenvalue weighted by Gasteiger charge is -2.46. The second-order valence-corrected chi connectivity index (χ2v) is 10.3. The fourth-order valence-electron chi connectivity index (χ4n) is 5.48. The highest BCUT2D eigenvalue weighted by Gasteiger charge is 2.42. The summed E-state index contributed by atoms with van der Waals surface area (Å²) in [5.41, 5.74) is 1.17. The number of carbonyl (C=O) groups is 2. The van der Waals surface area contributed by atoms with Gasteiger partial charge in [0.25, 0.3) is 0 Å². The van der Waals surface area contributed by atoms with E-state index in [1.807, 2.05) is 24.8 Å². The molecule has 3 aliphatic rings. The maximum absolute atomic E-state index is 13.1. The van der Waals surface area contributed by atoms with Gasteiger partial charge in [0.2, 0.25) is 5.91 Å². The highest BCUT2D eigenvalue weighted by atomic mass is 16.5. The number of carbonyl (C=O) groups excluding carboxylic acids is 2. The van der Waals surface area contributed by atoms with Crippen molar-refractivity contribution in [2.75, 3.05) is 45.9 Å². The number of hydrogen-bond acceptors (Lipinski definition) is 4. The van der Waals surface area contributed by atoms with Crippen molar-refractivity contribution in [3.8, 4) is 0 Å². The minimum atomic E-state index is -0.161. The van der Waals surface area contributed by atoms with Crippen molar-refractivity contribution >= 4 is 11.9 Å². The minimum Gasteiger partial charge on any atom is -0.375 e. The quantitative estimate of drug-likeness (QED) is 0.740. The van der Waals surface area contributed by atoms with Crippen molar-refractivity contribution in [3.63, 3.8) is 0 Å². The first-order valence-corrected chi connectivity index (χ1v) is 12.7. The van der Waals surface area contributed by atoms with Crippen molar-refractivity contribution < 1.29 is 14.3 Å². The molecule has 3 amide bonds. The van der Waals surface area contributed by atoms with Crippen LogP contribution in [0.5, 0.6) is 0 Å². The van der Waals surface area contributed by atoms with Crippen molar-refractivity contribution in [3.05, 3.63) is 35.9 Å². The molecule has 1 aromatic rings. The summed E-state index contributed by atoms with van der Waals surface area (Å²) in [6.07, 6.45) is 4.25. The lowest BCUT2D eigenvalue weighted by Crippen LogP contribution is -2.54.